The Hall–Kier alpha value is -2.32. The molecule has 1 saturated heterocycles. The van der Waals surface area contributed by atoms with Crippen molar-refractivity contribution in [2.45, 2.75) is 25.7 Å². The van der Waals surface area contributed by atoms with Crippen molar-refractivity contribution in [3.05, 3.63) is 69.1 Å². The summed E-state index contributed by atoms with van der Waals surface area (Å²) in [5, 5.41) is 0.683. The number of aromatic nitrogens is 1. The van der Waals surface area contributed by atoms with E-state index in [1.807, 2.05) is 31.2 Å². The van der Waals surface area contributed by atoms with Crippen molar-refractivity contribution in [3.8, 4) is 0 Å². The summed E-state index contributed by atoms with van der Waals surface area (Å²) in [6, 6.07) is 9.21. The SMILES string of the molecule is CC(c1ccccc1Cl)N1CCN(C(=O)Cn2cc(C(F)(F)F)ccc2=O)CC1. The van der Waals surface area contributed by atoms with Crippen LogP contribution in [0.3, 0.4) is 0 Å². The summed E-state index contributed by atoms with van der Waals surface area (Å²) in [6.07, 6.45) is -3.88. The zero-order valence-corrected chi connectivity index (χ0v) is 16.6. The summed E-state index contributed by atoms with van der Waals surface area (Å²) < 4.78 is 39.4. The molecule has 29 heavy (non-hydrogen) atoms. The van der Waals surface area contributed by atoms with Crippen LogP contribution in [-0.2, 0) is 17.5 Å². The van der Waals surface area contributed by atoms with Crippen molar-refractivity contribution in [3.63, 3.8) is 0 Å². The molecule has 2 heterocycles. The highest BCUT2D eigenvalue weighted by Crippen LogP contribution is 2.29. The summed E-state index contributed by atoms with van der Waals surface area (Å²) in [5.41, 5.74) is -0.593. The number of hydrogen-bond acceptors (Lipinski definition) is 3. The molecule has 1 aliphatic rings. The normalized spacial score (nSPS) is 16.7. The van der Waals surface area contributed by atoms with Crippen LogP contribution >= 0.6 is 11.6 Å². The molecule has 0 bridgehead atoms. The van der Waals surface area contributed by atoms with Crippen LogP contribution in [0, 0.1) is 0 Å². The highest BCUT2D eigenvalue weighted by molar-refractivity contribution is 6.31. The predicted octanol–water partition coefficient (Wildman–Crippen LogP) is 3.43. The van der Waals surface area contributed by atoms with Gasteiger partial charge in [-0.1, -0.05) is 29.8 Å². The van der Waals surface area contributed by atoms with E-state index in [1.54, 1.807) is 4.90 Å². The molecule has 0 N–H and O–H groups in total. The van der Waals surface area contributed by atoms with Gasteiger partial charge in [0.1, 0.15) is 6.54 Å². The van der Waals surface area contributed by atoms with Crippen molar-refractivity contribution >= 4 is 17.5 Å². The average molecular weight is 428 g/mol. The summed E-state index contributed by atoms with van der Waals surface area (Å²) in [5.74, 6) is -0.378. The molecule has 9 heteroatoms. The van der Waals surface area contributed by atoms with Gasteiger partial charge in [-0.05, 0) is 24.6 Å². The number of halogens is 4. The molecule has 1 unspecified atom stereocenters. The Labute approximate surface area is 171 Å². The lowest BCUT2D eigenvalue weighted by atomic mass is 10.1. The molecule has 3 rings (SSSR count). The molecule has 1 fully saturated rings. The lowest BCUT2D eigenvalue weighted by Crippen LogP contribution is -2.50. The van der Waals surface area contributed by atoms with Gasteiger partial charge in [0.15, 0.2) is 0 Å². The van der Waals surface area contributed by atoms with Gasteiger partial charge >= 0.3 is 6.18 Å². The first-order valence-corrected chi connectivity index (χ1v) is 9.58. The van der Waals surface area contributed by atoms with Gasteiger partial charge in [-0.15, -0.1) is 0 Å². The Balaban J connectivity index is 1.62. The second-order valence-corrected chi connectivity index (χ2v) is 7.40. The predicted molar refractivity (Wildman–Crippen MR) is 104 cm³/mol. The lowest BCUT2D eigenvalue weighted by Gasteiger charge is -2.38. The van der Waals surface area contributed by atoms with E-state index < -0.39 is 23.8 Å². The molecule has 1 aromatic heterocycles. The zero-order chi connectivity index (χ0) is 21.2. The van der Waals surface area contributed by atoms with Crippen molar-refractivity contribution in [1.82, 2.24) is 14.4 Å². The van der Waals surface area contributed by atoms with E-state index in [0.29, 0.717) is 37.4 Å². The number of pyridine rings is 1. The fourth-order valence-electron chi connectivity index (χ4n) is 3.44. The molecule has 1 atom stereocenters. The van der Waals surface area contributed by atoms with Crippen LogP contribution in [0.5, 0.6) is 0 Å². The minimum Gasteiger partial charge on any atom is -0.339 e. The van der Waals surface area contributed by atoms with Crippen molar-refractivity contribution < 1.29 is 18.0 Å². The number of hydrogen-bond donors (Lipinski definition) is 0. The standard InChI is InChI=1S/C20H21ClF3N3O2/c1-14(16-4-2-3-5-17(16)21)25-8-10-26(11-9-25)19(29)13-27-12-15(20(22,23)24)6-7-18(27)28/h2-7,12,14H,8-11,13H2,1H3. The summed E-state index contributed by atoms with van der Waals surface area (Å²) in [4.78, 5) is 28.1. The summed E-state index contributed by atoms with van der Waals surface area (Å²) in [7, 11) is 0. The maximum Gasteiger partial charge on any atom is 0.417 e. The Bertz CT molecular complexity index is 937. The molecular weight excluding hydrogens is 407 g/mol. The van der Waals surface area contributed by atoms with E-state index in [-0.39, 0.29) is 11.9 Å². The fourth-order valence-corrected chi connectivity index (χ4v) is 3.73. The molecule has 2 aromatic rings. The van der Waals surface area contributed by atoms with Gasteiger partial charge < -0.3 is 9.47 Å². The molecule has 0 radical (unpaired) electrons. The van der Waals surface area contributed by atoms with Crippen LogP contribution in [0.25, 0.3) is 0 Å². The van der Waals surface area contributed by atoms with Crippen molar-refractivity contribution in [2.75, 3.05) is 26.2 Å². The molecular formula is C20H21ClF3N3O2. The number of benzene rings is 1. The van der Waals surface area contributed by atoms with E-state index in [4.69, 9.17) is 11.6 Å². The minimum atomic E-state index is -4.57. The van der Waals surface area contributed by atoms with Gasteiger partial charge in [0.2, 0.25) is 5.91 Å². The number of piperazine rings is 1. The van der Waals surface area contributed by atoms with Crippen LogP contribution in [0.4, 0.5) is 13.2 Å². The van der Waals surface area contributed by atoms with Crippen molar-refractivity contribution in [1.29, 1.82) is 0 Å². The van der Waals surface area contributed by atoms with Gasteiger partial charge in [-0.2, -0.15) is 13.2 Å². The third kappa shape index (κ3) is 5.00. The van der Waals surface area contributed by atoms with Crippen LogP contribution in [-0.4, -0.2) is 46.5 Å². The molecule has 5 nitrogen and oxygen atoms in total. The fraction of sp³-hybridized carbons (Fsp3) is 0.400. The molecule has 0 spiro atoms. The zero-order valence-electron chi connectivity index (χ0n) is 15.8. The molecule has 1 aliphatic heterocycles. The highest BCUT2D eigenvalue weighted by atomic mass is 35.5. The highest BCUT2D eigenvalue weighted by Gasteiger charge is 2.31. The quantitative estimate of drug-likeness (QED) is 0.751. The maximum absolute atomic E-state index is 12.9. The van der Waals surface area contributed by atoms with Crippen LogP contribution < -0.4 is 5.56 Å². The number of amides is 1. The van der Waals surface area contributed by atoms with Crippen LogP contribution in [0.2, 0.25) is 5.02 Å². The topological polar surface area (TPSA) is 45.5 Å². The van der Waals surface area contributed by atoms with Crippen LogP contribution in [0.1, 0.15) is 24.1 Å². The van der Waals surface area contributed by atoms with Gasteiger partial charge in [0.25, 0.3) is 5.56 Å². The van der Waals surface area contributed by atoms with E-state index in [2.05, 4.69) is 4.90 Å². The number of rotatable bonds is 4. The second kappa shape index (κ2) is 8.59. The third-order valence-electron chi connectivity index (χ3n) is 5.19. The number of carbonyl (C=O) groups is 1. The van der Waals surface area contributed by atoms with E-state index in [0.717, 1.165) is 22.3 Å². The molecule has 1 amide bonds. The Kier molecular flexibility index (Phi) is 6.33. The number of carbonyl (C=O) groups excluding carboxylic acids is 1. The number of nitrogens with zero attached hydrogens (tertiary/aromatic N) is 3. The minimum absolute atomic E-state index is 0.0760. The molecule has 0 aliphatic carbocycles. The lowest BCUT2D eigenvalue weighted by molar-refractivity contribution is -0.139. The van der Waals surface area contributed by atoms with Crippen molar-refractivity contribution in [2.24, 2.45) is 0 Å². The first-order chi connectivity index (χ1) is 13.7. The third-order valence-corrected chi connectivity index (χ3v) is 5.53. The monoisotopic (exact) mass is 427 g/mol. The first-order valence-electron chi connectivity index (χ1n) is 9.21. The summed E-state index contributed by atoms with van der Waals surface area (Å²) in [6.45, 7) is 3.71. The van der Waals surface area contributed by atoms with Gasteiger partial charge in [0.05, 0.1) is 5.56 Å². The maximum atomic E-state index is 12.9. The molecule has 156 valence electrons. The van der Waals surface area contributed by atoms with Gasteiger partial charge in [0, 0.05) is 49.5 Å². The molecule has 1 aromatic carbocycles. The van der Waals surface area contributed by atoms with E-state index >= 15 is 0 Å². The Morgan fingerprint density at radius 2 is 1.76 bits per heavy atom. The average Bonchev–Trinajstić information content (AvgIpc) is 2.68. The smallest absolute Gasteiger partial charge is 0.339 e. The number of alkyl halides is 3. The second-order valence-electron chi connectivity index (χ2n) is 7.00. The van der Waals surface area contributed by atoms with E-state index in [9.17, 15) is 22.8 Å². The van der Waals surface area contributed by atoms with Gasteiger partial charge in [-0.3, -0.25) is 14.5 Å². The molecule has 0 saturated carbocycles. The largest absolute Gasteiger partial charge is 0.417 e. The van der Waals surface area contributed by atoms with Crippen LogP contribution in [0.15, 0.2) is 47.4 Å². The van der Waals surface area contributed by atoms with Gasteiger partial charge in [-0.25, -0.2) is 0 Å². The van der Waals surface area contributed by atoms with E-state index in [1.165, 1.54) is 0 Å². The first kappa shape index (κ1) is 21.4. The Morgan fingerprint density at radius 1 is 1.10 bits per heavy atom. The summed E-state index contributed by atoms with van der Waals surface area (Å²) >= 11 is 6.26. The Morgan fingerprint density at radius 3 is 2.38 bits per heavy atom.